The van der Waals surface area contributed by atoms with E-state index in [4.69, 9.17) is 14.5 Å². The van der Waals surface area contributed by atoms with Gasteiger partial charge < -0.3 is 19.4 Å². The van der Waals surface area contributed by atoms with Gasteiger partial charge in [0.25, 0.3) is 0 Å². The summed E-state index contributed by atoms with van der Waals surface area (Å²) in [4.78, 5) is 17.0. The summed E-state index contributed by atoms with van der Waals surface area (Å²) < 4.78 is 13.7. The molecule has 1 aliphatic rings. The number of aromatic nitrogens is 2. The Morgan fingerprint density at radius 3 is 2.78 bits per heavy atom. The summed E-state index contributed by atoms with van der Waals surface area (Å²) in [6, 6.07) is 16.5. The number of hydrogen-bond acceptors (Lipinski definition) is 4. The van der Waals surface area contributed by atoms with E-state index < -0.39 is 0 Å². The van der Waals surface area contributed by atoms with Crippen LogP contribution in [-0.4, -0.2) is 41.3 Å². The van der Waals surface area contributed by atoms with E-state index in [1.807, 2.05) is 30.3 Å². The second-order valence-electron chi connectivity index (χ2n) is 8.64. The van der Waals surface area contributed by atoms with Gasteiger partial charge in [0.1, 0.15) is 17.7 Å². The summed E-state index contributed by atoms with van der Waals surface area (Å²) in [5, 5.41) is 3.00. The first-order chi connectivity index (χ1) is 15.6. The van der Waals surface area contributed by atoms with E-state index in [1.165, 1.54) is 5.56 Å². The zero-order valence-electron chi connectivity index (χ0n) is 19.0. The number of nitrogens with zero attached hydrogens (tertiary/aromatic N) is 2. The number of ether oxygens (including phenoxy) is 2. The summed E-state index contributed by atoms with van der Waals surface area (Å²) in [5.41, 5.74) is 3.42. The minimum atomic E-state index is -0.291. The van der Waals surface area contributed by atoms with Crippen molar-refractivity contribution in [3.8, 4) is 5.75 Å². The highest BCUT2D eigenvalue weighted by Crippen LogP contribution is 2.20. The largest absolute Gasteiger partial charge is 0.494 e. The zero-order valence-corrected chi connectivity index (χ0v) is 19.0. The third kappa shape index (κ3) is 5.49. The predicted molar refractivity (Wildman–Crippen MR) is 126 cm³/mol. The predicted octanol–water partition coefficient (Wildman–Crippen LogP) is 4.47. The standard InChI is InChI=1S/C26H33N3O3/c1-19(2)20-10-12-21(13-11-20)31-18-6-16-29-23-8-4-3-7-22(23)28-25(29)14-15-27-26(30)24-9-5-17-32-24/h3-4,7-8,10-13,19,24H,5-6,9,14-18H2,1-2H3,(H,27,30). The van der Waals surface area contributed by atoms with E-state index in [0.29, 0.717) is 32.1 Å². The molecule has 1 N–H and O–H groups in total. The molecule has 1 saturated heterocycles. The van der Waals surface area contributed by atoms with Crippen molar-refractivity contribution in [2.45, 2.75) is 58.1 Å². The first kappa shape index (κ1) is 22.3. The number of hydrogen-bond donors (Lipinski definition) is 1. The van der Waals surface area contributed by atoms with Gasteiger partial charge in [0, 0.05) is 26.1 Å². The van der Waals surface area contributed by atoms with E-state index in [0.717, 1.165) is 48.4 Å². The number of aryl methyl sites for hydroxylation is 1. The molecule has 0 spiro atoms. The normalized spacial score (nSPS) is 16.0. The summed E-state index contributed by atoms with van der Waals surface area (Å²) in [6.45, 7) is 7.08. The molecule has 32 heavy (non-hydrogen) atoms. The van der Waals surface area contributed by atoms with E-state index in [-0.39, 0.29) is 12.0 Å². The maximum absolute atomic E-state index is 12.2. The molecule has 1 fully saturated rings. The first-order valence-corrected chi connectivity index (χ1v) is 11.7. The molecule has 1 atom stereocenters. The van der Waals surface area contributed by atoms with Gasteiger partial charge in [0.15, 0.2) is 0 Å². The van der Waals surface area contributed by atoms with E-state index in [2.05, 4.69) is 41.9 Å². The third-order valence-corrected chi connectivity index (χ3v) is 5.95. The maximum Gasteiger partial charge on any atom is 0.249 e. The van der Waals surface area contributed by atoms with Crippen LogP contribution in [-0.2, 0) is 22.5 Å². The van der Waals surface area contributed by atoms with E-state index in [9.17, 15) is 4.79 Å². The molecule has 2 heterocycles. The molecule has 1 aromatic heterocycles. The van der Waals surface area contributed by atoms with Crippen LogP contribution >= 0.6 is 0 Å². The Morgan fingerprint density at radius 2 is 2.03 bits per heavy atom. The molecule has 3 aromatic rings. The first-order valence-electron chi connectivity index (χ1n) is 11.7. The monoisotopic (exact) mass is 435 g/mol. The van der Waals surface area contributed by atoms with Gasteiger partial charge in [-0.2, -0.15) is 0 Å². The van der Waals surface area contributed by atoms with Gasteiger partial charge in [0.05, 0.1) is 17.6 Å². The third-order valence-electron chi connectivity index (χ3n) is 5.95. The van der Waals surface area contributed by atoms with E-state index in [1.54, 1.807) is 0 Å². The van der Waals surface area contributed by atoms with E-state index >= 15 is 0 Å². The Labute approximate surface area is 189 Å². The summed E-state index contributed by atoms with van der Waals surface area (Å²) >= 11 is 0. The molecular formula is C26H33N3O3. The molecule has 0 aliphatic carbocycles. The van der Waals surface area contributed by atoms with Crippen LogP contribution in [0.15, 0.2) is 48.5 Å². The van der Waals surface area contributed by atoms with Crippen LogP contribution in [0.2, 0.25) is 0 Å². The van der Waals surface area contributed by atoms with Crippen molar-refractivity contribution >= 4 is 16.9 Å². The fraction of sp³-hybridized carbons (Fsp3) is 0.462. The van der Waals surface area contributed by atoms with Crippen molar-refractivity contribution in [2.75, 3.05) is 19.8 Å². The summed E-state index contributed by atoms with van der Waals surface area (Å²) in [5.74, 6) is 2.40. The highest BCUT2D eigenvalue weighted by atomic mass is 16.5. The number of rotatable bonds is 10. The molecule has 170 valence electrons. The van der Waals surface area contributed by atoms with Gasteiger partial charge >= 0.3 is 0 Å². The van der Waals surface area contributed by atoms with Crippen LogP contribution in [0, 0.1) is 0 Å². The molecule has 0 saturated carbocycles. The number of carbonyl (C=O) groups is 1. The van der Waals surface area contributed by atoms with Crippen molar-refractivity contribution in [3.63, 3.8) is 0 Å². The Morgan fingerprint density at radius 1 is 1.22 bits per heavy atom. The van der Waals surface area contributed by atoms with Crippen LogP contribution in [0.25, 0.3) is 11.0 Å². The second-order valence-corrected chi connectivity index (χ2v) is 8.64. The topological polar surface area (TPSA) is 65.4 Å². The number of nitrogens with one attached hydrogen (secondary N) is 1. The summed E-state index contributed by atoms with van der Waals surface area (Å²) in [7, 11) is 0. The molecule has 1 amide bonds. The fourth-order valence-electron chi connectivity index (χ4n) is 4.12. The average molecular weight is 436 g/mol. The SMILES string of the molecule is CC(C)c1ccc(OCCCn2c(CCNC(=O)C3CCCO3)nc3ccccc32)cc1. The van der Waals surface area contributed by atoms with Crippen molar-refractivity contribution in [1.82, 2.24) is 14.9 Å². The van der Waals surface area contributed by atoms with Crippen molar-refractivity contribution < 1.29 is 14.3 Å². The van der Waals surface area contributed by atoms with Crippen LogP contribution < -0.4 is 10.1 Å². The molecule has 1 aliphatic heterocycles. The van der Waals surface area contributed by atoms with Gasteiger partial charge in [0.2, 0.25) is 5.91 Å². The maximum atomic E-state index is 12.2. The highest BCUT2D eigenvalue weighted by molar-refractivity contribution is 5.81. The van der Waals surface area contributed by atoms with Gasteiger partial charge in [-0.1, -0.05) is 38.1 Å². The van der Waals surface area contributed by atoms with Crippen LogP contribution in [0.5, 0.6) is 5.75 Å². The van der Waals surface area contributed by atoms with Gasteiger partial charge in [-0.3, -0.25) is 4.79 Å². The molecule has 0 bridgehead atoms. The zero-order chi connectivity index (χ0) is 22.3. The smallest absolute Gasteiger partial charge is 0.249 e. The molecule has 2 aromatic carbocycles. The van der Waals surface area contributed by atoms with Gasteiger partial charge in [-0.25, -0.2) is 4.98 Å². The van der Waals surface area contributed by atoms with Crippen molar-refractivity contribution in [3.05, 3.63) is 59.9 Å². The average Bonchev–Trinajstić information content (AvgIpc) is 3.45. The minimum Gasteiger partial charge on any atom is -0.494 e. The number of fused-ring (bicyclic) bond motifs is 1. The molecule has 0 radical (unpaired) electrons. The quantitative estimate of drug-likeness (QED) is 0.477. The van der Waals surface area contributed by atoms with Crippen molar-refractivity contribution in [2.24, 2.45) is 0 Å². The Hall–Kier alpha value is -2.86. The number of imidazole rings is 1. The lowest BCUT2D eigenvalue weighted by Gasteiger charge is -2.13. The summed E-state index contributed by atoms with van der Waals surface area (Å²) in [6.07, 6.45) is 3.04. The molecule has 4 rings (SSSR count). The minimum absolute atomic E-state index is 0.0120. The highest BCUT2D eigenvalue weighted by Gasteiger charge is 2.23. The van der Waals surface area contributed by atoms with Gasteiger partial charge in [-0.05, 0) is 55.0 Å². The Kier molecular flexibility index (Phi) is 7.43. The Balaban J connectivity index is 1.33. The molecular weight excluding hydrogens is 402 g/mol. The molecule has 6 heteroatoms. The number of amides is 1. The lowest BCUT2D eigenvalue weighted by atomic mass is 10.0. The van der Waals surface area contributed by atoms with Crippen molar-refractivity contribution in [1.29, 1.82) is 0 Å². The molecule has 6 nitrogen and oxygen atoms in total. The van der Waals surface area contributed by atoms with Crippen LogP contribution in [0.3, 0.4) is 0 Å². The lowest BCUT2D eigenvalue weighted by Crippen LogP contribution is -2.35. The number of carbonyl (C=O) groups excluding carboxylic acids is 1. The second kappa shape index (κ2) is 10.6. The number of para-hydroxylation sites is 2. The number of benzene rings is 2. The Bertz CT molecular complexity index is 1020. The molecule has 1 unspecified atom stereocenters. The van der Waals surface area contributed by atoms with Crippen LogP contribution in [0.1, 0.15) is 50.4 Å². The van der Waals surface area contributed by atoms with Gasteiger partial charge in [-0.15, -0.1) is 0 Å². The fourth-order valence-corrected chi connectivity index (χ4v) is 4.12. The van der Waals surface area contributed by atoms with Crippen LogP contribution in [0.4, 0.5) is 0 Å². The lowest BCUT2D eigenvalue weighted by molar-refractivity contribution is -0.130.